The number of H-pyrrole nitrogens is 1. The number of alkyl halides is 3. The van der Waals surface area contributed by atoms with Gasteiger partial charge in [0.2, 0.25) is 0 Å². The second-order valence-corrected chi connectivity index (χ2v) is 6.05. The summed E-state index contributed by atoms with van der Waals surface area (Å²) in [7, 11) is 1.40. The molecule has 0 spiro atoms. The van der Waals surface area contributed by atoms with Gasteiger partial charge in [0.15, 0.2) is 0 Å². The smallest absolute Gasteiger partial charge is 0.302 e. The zero-order valence-electron chi connectivity index (χ0n) is 11.5. The Labute approximate surface area is 127 Å². The molecule has 2 aromatic rings. The molecule has 0 saturated carbocycles. The quantitative estimate of drug-likeness (QED) is 0.818. The fraction of sp³-hybridized carbons (Fsp3) is 0.286. The van der Waals surface area contributed by atoms with Crippen LogP contribution in [0, 0.1) is 0 Å². The average Bonchev–Trinajstić information content (AvgIpc) is 2.92. The Morgan fingerprint density at radius 3 is 2.64 bits per heavy atom. The zero-order chi connectivity index (χ0) is 16.1. The molecule has 0 unspecified atom stereocenters. The molecule has 0 amide bonds. The molecule has 0 saturated heterocycles. The van der Waals surface area contributed by atoms with Crippen molar-refractivity contribution in [1.29, 1.82) is 0 Å². The summed E-state index contributed by atoms with van der Waals surface area (Å²) in [5.41, 5.74) is -1.16. The Bertz CT molecular complexity index is 868. The normalized spacial score (nSPS) is 14.2. The van der Waals surface area contributed by atoms with E-state index >= 15 is 0 Å². The summed E-state index contributed by atoms with van der Waals surface area (Å²) in [6.45, 7) is 0. The van der Waals surface area contributed by atoms with E-state index in [1.807, 2.05) is 0 Å². The molecule has 2 heterocycles. The highest BCUT2D eigenvalue weighted by atomic mass is 32.2. The van der Waals surface area contributed by atoms with Crippen molar-refractivity contribution in [3.63, 3.8) is 0 Å². The number of rotatable bonds is 1. The predicted octanol–water partition coefficient (Wildman–Crippen LogP) is 2.41. The van der Waals surface area contributed by atoms with Gasteiger partial charge in [0.05, 0.1) is 11.1 Å². The van der Waals surface area contributed by atoms with E-state index in [1.54, 1.807) is 0 Å². The molecule has 1 aromatic heterocycles. The summed E-state index contributed by atoms with van der Waals surface area (Å²) in [4.78, 5) is 24.0. The molecule has 22 heavy (non-hydrogen) atoms. The number of aromatic nitrogens is 2. The van der Waals surface area contributed by atoms with Gasteiger partial charge >= 0.3 is 11.7 Å². The SMILES string of the molecule is Cn1[nH]cc(-c2ccc(C(F)(F)F)c3c2CCS3)c(=O)c1=O. The number of nitrogens with zero attached hydrogens (tertiary/aromatic N) is 1. The van der Waals surface area contributed by atoms with Gasteiger partial charge in [-0.1, -0.05) is 6.07 Å². The van der Waals surface area contributed by atoms with Gasteiger partial charge in [0.1, 0.15) is 0 Å². The third kappa shape index (κ3) is 2.27. The third-order valence-electron chi connectivity index (χ3n) is 3.60. The van der Waals surface area contributed by atoms with Crippen molar-refractivity contribution in [2.75, 3.05) is 5.75 Å². The summed E-state index contributed by atoms with van der Waals surface area (Å²) in [6, 6.07) is 2.25. The second-order valence-electron chi connectivity index (χ2n) is 4.94. The van der Waals surface area contributed by atoms with Crippen molar-refractivity contribution in [2.45, 2.75) is 17.5 Å². The van der Waals surface area contributed by atoms with E-state index in [1.165, 1.54) is 19.3 Å². The van der Waals surface area contributed by atoms with Gasteiger partial charge in [-0.3, -0.25) is 14.3 Å². The molecular weight excluding hydrogens is 317 g/mol. The van der Waals surface area contributed by atoms with Crippen LogP contribution in [-0.4, -0.2) is 15.5 Å². The largest absolute Gasteiger partial charge is 0.417 e. The van der Waals surface area contributed by atoms with Gasteiger partial charge in [-0.2, -0.15) is 13.2 Å². The number of hydrogen-bond acceptors (Lipinski definition) is 3. The van der Waals surface area contributed by atoms with Crippen molar-refractivity contribution in [3.8, 4) is 11.1 Å². The molecule has 4 nitrogen and oxygen atoms in total. The van der Waals surface area contributed by atoms with Crippen LogP contribution in [0.4, 0.5) is 13.2 Å². The minimum Gasteiger partial charge on any atom is -0.302 e. The highest BCUT2D eigenvalue weighted by Gasteiger charge is 2.36. The number of hydrogen-bond donors (Lipinski definition) is 1. The topological polar surface area (TPSA) is 54.9 Å². The third-order valence-corrected chi connectivity index (χ3v) is 4.76. The Kier molecular flexibility index (Phi) is 3.43. The highest BCUT2D eigenvalue weighted by molar-refractivity contribution is 7.99. The van der Waals surface area contributed by atoms with Crippen LogP contribution in [0.5, 0.6) is 0 Å². The van der Waals surface area contributed by atoms with Crippen molar-refractivity contribution in [1.82, 2.24) is 9.78 Å². The molecule has 1 aliphatic heterocycles. The highest BCUT2D eigenvalue weighted by Crippen LogP contribution is 2.45. The summed E-state index contributed by atoms with van der Waals surface area (Å²) in [6.07, 6.45) is -2.64. The first-order valence-electron chi connectivity index (χ1n) is 6.45. The van der Waals surface area contributed by atoms with E-state index in [-0.39, 0.29) is 10.5 Å². The number of aromatic amines is 1. The predicted molar refractivity (Wildman–Crippen MR) is 77.2 cm³/mol. The molecule has 8 heteroatoms. The van der Waals surface area contributed by atoms with Gasteiger partial charge in [0.25, 0.3) is 5.43 Å². The molecule has 1 aromatic carbocycles. The lowest BCUT2D eigenvalue weighted by Gasteiger charge is -2.14. The minimum absolute atomic E-state index is 0.107. The van der Waals surface area contributed by atoms with Gasteiger partial charge in [-0.15, -0.1) is 11.8 Å². The summed E-state index contributed by atoms with van der Waals surface area (Å²) in [5.74, 6) is 0.526. The first-order chi connectivity index (χ1) is 10.3. The number of benzene rings is 1. The van der Waals surface area contributed by atoms with Crippen molar-refractivity contribution in [3.05, 3.63) is 50.0 Å². The molecule has 0 fully saturated rings. The summed E-state index contributed by atoms with van der Waals surface area (Å²) in [5, 5.41) is 2.62. The van der Waals surface area contributed by atoms with Crippen LogP contribution in [0.25, 0.3) is 11.1 Å². The lowest BCUT2D eigenvalue weighted by atomic mass is 9.97. The monoisotopic (exact) mass is 328 g/mol. The van der Waals surface area contributed by atoms with Crippen LogP contribution in [0.3, 0.4) is 0 Å². The molecule has 116 valence electrons. The molecule has 1 aliphatic rings. The standard InChI is InChI=1S/C14H11F3N2O2S/c1-19-13(21)11(20)9(6-18-19)7-2-3-10(14(15,16)17)12-8(7)4-5-22-12/h2-3,6,18H,4-5H2,1H3. The fourth-order valence-corrected chi connectivity index (χ4v) is 3.76. The van der Waals surface area contributed by atoms with E-state index in [0.717, 1.165) is 22.5 Å². The minimum atomic E-state index is -4.43. The maximum atomic E-state index is 13.0. The number of fused-ring (bicyclic) bond motifs is 1. The molecule has 0 radical (unpaired) electrons. The first kappa shape index (κ1) is 15.0. The molecule has 0 aliphatic carbocycles. The maximum absolute atomic E-state index is 13.0. The van der Waals surface area contributed by atoms with E-state index < -0.39 is 22.7 Å². The van der Waals surface area contributed by atoms with Crippen LogP contribution >= 0.6 is 11.8 Å². The molecule has 1 N–H and O–H groups in total. The fourth-order valence-electron chi connectivity index (χ4n) is 2.52. The average molecular weight is 328 g/mol. The van der Waals surface area contributed by atoms with Gasteiger partial charge in [-0.25, -0.2) is 0 Å². The molecule has 3 rings (SSSR count). The number of halogens is 3. The van der Waals surface area contributed by atoms with Crippen LogP contribution in [0.2, 0.25) is 0 Å². The number of nitrogens with one attached hydrogen (secondary N) is 1. The Morgan fingerprint density at radius 2 is 1.95 bits per heavy atom. The molecule has 0 atom stereocenters. The van der Waals surface area contributed by atoms with E-state index in [0.29, 0.717) is 23.3 Å². The second kappa shape index (κ2) is 5.05. The van der Waals surface area contributed by atoms with E-state index in [9.17, 15) is 22.8 Å². The van der Waals surface area contributed by atoms with Crippen molar-refractivity contribution < 1.29 is 13.2 Å². The van der Waals surface area contributed by atoms with Gasteiger partial charge < -0.3 is 5.10 Å². The molecule has 0 bridgehead atoms. The van der Waals surface area contributed by atoms with Crippen LogP contribution in [0.1, 0.15) is 11.1 Å². The van der Waals surface area contributed by atoms with Gasteiger partial charge in [0, 0.05) is 23.9 Å². The summed E-state index contributed by atoms with van der Waals surface area (Å²) >= 11 is 1.13. The number of thioether (sulfide) groups is 1. The van der Waals surface area contributed by atoms with Crippen LogP contribution in [0.15, 0.2) is 32.8 Å². The Morgan fingerprint density at radius 1 is 1.23 bits per heavy atom. The van der Waals surface area contributed by atoms with Crippen molar-refractivity contribution >= 4 is 11.8 Å². The lowest BCUT2D eigenvalue weighted by Crippen LogP contribution is -2.35. The molecular formula is C14H11F3N2O2S. The first-order valence-corrected chi connectivity index (χ1v) is 7.44. The van der Waals surface area contributed by atoms with Gasteiger partial charge in [-0.05, 0) is 23.6 Å². The van der Waals surface area contributed by atoms with Crippen LogP contribution in [-0.2, 0) is 19.6 Å². The van der Waals surface area contributed by atoms with Crippen LogP contribution < -0.4 is 11.0 Å². The summed E-state index contributed by atoms with van der Waals surface area (Å²) < 4.78 is 40.1. The Hall–Kier alpha value is -1.96. The Balaban J connectivity index is 2.28. The van der Waals surface area contributed by atoms with Crippen molar-refractivity contribution in [2.24, 2.45) is 7.05 Å². The zero-order valence-corrected chi connectivity index (χ0v) is 12.3. The van der Waals surface area contributed by atoms with E-state index in [2.05, 4.69) is 5.10 Å². The van der Waals surface area contributed by atoms with E-state index in [4.69, 9.17) is 0 Å². The number of aryl methyl sites for hydroxylation is 1. The maximum Gasteiger partial charge on any atom is 0.417 e. The lowest BCUT2D eigenvalue weighted by molar-refractivity contribution is -0.139.